The highest BCUT2D eigenvalue weighted by atomic mass is 16.6. The lowest BCUT2D eigenvalue weighted by Crippen LogP contribution is -2.45. The van der Waals surface area contributed by atoms with Crippen molar-refractivity contribution >= 4 is 35.1 Å². The first-order valence-corrected chi connectivity index (χ1v) is 9.37. The van der Waals surface area contributed by atoms with Crippen LogP contribution in [0.3, 0.4) is 0 Å². The molecule has 0 unspecified atom stereocenters. The number of imide groups is 1. The van der Waals surface area contributed by atoms with Gasteiger partial charge in [0.25, 0.3) is 11.6 Å². The van der Waals surface area contributed by atoms with E-state index in [1.807, 2.05) is 0 Å². The normalized spacial score (nSPS) is 22.0. The van der Waals surface area contributed by atoms with Crippen LogP contribution in [0.15, 0.2) is 24.3 Å². The number of ether oxygens (including phenoxy) is 1. The van der Waals surface area contributed by atoms with Gasteiger partial charge in [-0.1, -0.05) is 12.8 Å². The second kappa shape index (κ2) is 8.38. The maximum Gasteiger partial charge on any atom is 0.329 e. The van der Waals surface area contributed by atoms with Gasteiger partial charge in [0.1, 0.15) is 6.04 Å². The zero-order valence-corrected chi connectivity index (χ0v) is 15.8. The van der Waals surface area contributed by atoms with Gasteiger partial charge in [-0.25, -0.2) is 4.79 Å². The van der Waals surface area contributed by atoms with Gasteiger partial charge in [-0.15, -0.1) is 0 Å². The van der Waals surface area contributed by atoms with Crippen molar-refractivity contribution in [3.8, 4) is 0 Å². The van der Waals surface area contributed by atoms with Crippen LogP contribution in [0, 0.1) is 22.0 Å². The summed E-state index contributed by atoms with van der Waals surface area (Å²) >= 11 is 0. The van der Waals surface area contributed by atoms with Gasteiger partial charge < -0.3 is 10.1 Å². The molecule has 1 heterocycles. The fourth-order valence-electron chi connectivity index (χ4n) is 3.80. The minimum absolute atomic E-state index is 0.122. The van der Waals surface area contributed by atoms with Gasteiger partial charge in [0.15, 0.2) is 6.61 Å². The number of carbonyl (C=O) groups is 4. The minimum atomic E-state index is -1.10. The quantitative estimate of drug-likeness (QED) is 0.330. The number of nitro benzene ring substituents is 1. The van der Waals surface area contributed by atoms with E-state index in [1.165, 1.54) is 31.2 Å². The molecule has 1 N–H and O–H groups in total. The van der Waals surface area contributed by atoms with Crippen molar-refractivity contribution in [2.45, 2.75) is 38.6 Å². The molecule has 1 aromatic rings. The number of fused-ring (bicyclic) bond motifs is 1. The monoisotopic (exact) mass is 403 g/mol. The van der Waals surface area contributed by atoms with Gasteiger partial charge in [0, 0.05) is 17.8 Å². The third-order valence-electron chi connectivity index (χ3n) is 5.31. The maximum absolute atomic E-state index is 12.5. The third kappa shape index (κ3) is 4.25. The minimum Gasteiger partial charge on any atom is -0.454 e. The lowest BCUT2D eigenvalue weighted by atomic mass is 9.81. The molecule has 3 rings (SSSR count). The van der Waals surface area contributed by atoms with E-state index in [0.29, 0.717) is 18.5 Å². The number of rotatable bonds is 6. The molecular weight excluding hydrogens is 382 g/mol. The number of nitro groups is 1. The fraction of sp³-hybridized carbons (Fsp3) is 0.474. The van der Waals surface area contributed by atoms with E-state index in [2.05, 4.69) is 5.32 Å². The van der Waals surface area contributed by atoms with E-state index >= 15 is 0 Å². The van der Waals surface area contributed by atoms with Crippen LogP contribution in [-0.4, -0.2) is 46.2 Å². The Kier molecular flexibility index (Phi) is 5.90. The number of amides is 3. The number of hydrogen-bond acceptors (Lipinski definition) is 7. The van der Waals surface area contributed by atoms with E-state index in [9.17, 15) is 29.3 Å². The molecule has 0 spiro atoms. The number of likely N-dealkylation sites (tertiary alicyclic amines) is 1. The SMILES string of the molecule is C[C@@H](C(=O)OCC(=O)Nc1ccc([N+](=O)[O-])cc1)N1C(=O)[C@H]2CCCC[C@H]2C1=O. The van der Waals surface area contributed by atoms with Crippen LogP contribution >= 0.6 is 0 Å². The Hall–Kier alpha value is -3.30. The van der Waals surface area contributed by atoms with Gasteiger partial charge in [-0.3, -0.25) is 29.4 Å². The molecule has 0 bridgehead atoms. The summed E-state index contributed by atoms with van der Waals surface area (Å²) < 4.78 is 4.96. The van der Waals surface area contributed by atoms with Gasteiger partial charge in [0.05, 0.1) is 16.8 Å². The van der Waals surface area contributed by atoms with Crippen molar-refractivity contribution in [3.05, 3.63) is 34.4 Å². The first-order valence-electron chi connectivity index (χ1n) is 9.37. The zero-order chi connectivity index (χ0) is 21.1. The Morgan fingerprint density at radius 2 is 1.72 bits per heavy atom. The van der Waals surface area contributed by atoms with Crippen molar-refractivity contribution in [3.63, 3.8) is 0 Å². The average molecular weight is 403 g/mol. The van der Waals surface area contributed by atoms with Crippen molar-refractivity contribution in [1.29, 1.82) is 0 Å². The predicted octanol–water partition coefficient (Wildman–Crippen LogP) is 1.64. The van der Waals surface area contributed by atoms with E-state index in [1.54, 1.807) is 0 Å². The number of anilines is 1. The molecule has 1 aliphatic carbocycles. The smallest absolute Gasteiger partial charge is 0.329 e. The van der Waals surface area contributed by atoms with Gasteiger partial charge >= 0.3 is 5.97 Å². The molecule has 0 radical (unpaired) electrons. The topological polar surface area (TPSA) is 136 Å². The lowest BCUT2D eigenvalue weighted by molar-refractivity contribution is -0.384. The van der Waals surface area contributed by atoms with Crippen molar-refractivity contribution in [2.24, 2.45) is 11.8 Å². The lowest BCUT2D eigenvalue weighted by Gasteiger charge is -2.21. The Balaban J connectivity index is 1.53. The first kappa shape index (κ1) is 20.4. The molecule has 3 amide bonds. The standard InChI is InChI=1S/C19H21N3O7/c1-11(21-17(24)14-4-2-3-5-15(14)18(21)25)19(26)29-10-16(23)20-12-6-8-13(9-7-12)22(27)28/h6-9,11,14-15H,2-5,10H2,1H3,(H,20,23)/t11-,14-,15+/m0/s1. The van der Waals surface area contributed by atoms with Crippen LogP contribution in [0.25, 0.3) is 0 Å². The summed E-state index contributed by atoms with van der Waals surface area (Å²) in [5, 5.41) is 13.1. The van der Waals surface area contributed by atoms with E-state index in [-0.39, 0.29) is 29.3 Å². The van der Waals surface area contributed by atoms with Crippen LogP contribution in [0.4, 0.5) is 11.4 Å². The van der Waals surface area contributed by atoms with Crippen molar-refractivity contribution in [2.75, 3.05) is 11.9 Å². The van der Waals surface area contributed by atoms with Crippen LogP contribution in [0.5, 0.6) is 0 Å². The van der Waals surface area contributed by atoms with Crippen LogP contribution < -0.4 is 5.32 Å². The molecule has 3 atom stereocenters. The molecule has 10 nitrogen and oxygen atoms in total. The molecule has 154 valence electrons. The number of non-ortho nitro benzene ring substituents is 1. The second-order valence-electron chi connectivity index (χ2n) is 7.18. The van der Waals surface area contributed by atoms with E-state index in [0.717, 1.165) is 17.7 Å². The molecule has 2 aliphatic rings. The molecule has 1 aliphatic heterocycles. The molecule has 10 heteroatoms. The number of nitrogens with zero attached hydrogens (tertiary/aromatic N) is 2. The summed E-state index contributed by atoms with van der Waals surface area (Å²) in [5.74, 6) is -2.91. The van der Waals surface area contributed by atoms with Gasteiger partial charge in [-0.2, -0.15) is 0 Å². The Labute approximate surface area is 166 Å². The third-order valence-corrected chi connectivity index (χ3v) is 5.31. The average Bonchev–Trinajstić information content (AvgIpc) is 2.96. The Bertz CT molecular complexity index is 828. The molecule has 0 aromatic heterocycles. The Morgan fingerprint density at radius 1 is 1.17 bits per heavy atom. The highest BCUT2D eigenvalue weighted by molar-refractivity contribution is 6.08. The first-order chi connectivity index (χ1) is 13.8. The second-order valence-corrected chi connectivity index (χ2v) is 7.18. The van der Waals surface area contributed by atoms with Gasteiger partial charge in [0.2, 0.25) is 11.8 Å². The van der Waals surface area contributed by atoms with E-state index < -0.39 is 29.4 Å². The van der Waals surface area contributed by atoms with Crippen molar-refractivity contribution < 1.29 is 28.8 Å². The maximum atomic E-state index is 12.5. The summed E-state index contributed by atoms with van der Waals surface area (Å²) in [6.45, 7) is 0.799. The van der Waals surface area contributed by atoms with Gasteiger partial charge in [-0.05, 0) is 31.9 Å². The van der Waals surface area contributed by atoms with Crippen LogP contribution in [0.2, 0.25) is 0 Å². The predicted molar refractivity (Wildman–Crippen MR) is 99.4 cm³/mol. The molecule has 29 heavy (non-hydrogen) atoms. The summed E-state index contributed by atoms with van der Waals surface area (Å²) in [5.41, 5.74) is 0.183. The van der Waals surface area contributed by atoms with E-state index in [4.69, 9.17) is 4.74 Å². The summed E-state index contributed by atoms with van der Waals surface area (Å²) in [7, 11) is 0. The number of esters is 1. The number of carbonyl (C=O) groups excluding carboxylic acids is 4. The summed E-state index contributed by atoms with van der Waals surface area (Å²) in [6.07, 6.45) is 3.06. The molecule has 2 fully saturated rings. The number of nitrogens with one attached hydrogen (secondary N) is 1. The largest absolute Gasteiger partial charge is 0.454 e. The highest BCUT2D eigenvalue weighted by Gasteiger charge is 2.51. The summed E-state index contributed by atoms with van der Waals surface area (Å²) in [4.78, 5) is 60.3. The number of hydrogen-bond donors (Lipinski definition) is 1. The van der Waals surface area contributed by atoms with Crippen LogP contribution in [-0.2, 0) is 23.9 Å². The molecular formula is C19H21N3O7. The highest BCUT2D eigenvalue weighted by Crippen LogP contribution is 2.38. The summed E-state index contributed by atoms with van der Waals surface area (Å²) in [6, 6.07) is 4.06. The van der Waals surface area contributed by atoms with Crippen molar-refractivity contribution in [1.82, 2.24) is 4.90 Å². The van der Waals surface area contributed by atoms with Crippen LogP contribution in [0.1, 0.15) is 32.6 Å². The molecule has 1 saturated carbocycles. The molecule has 1 aromatic carbocycles. The number of benzene rings is 1. The Morgan fingerprint density at radius 3 is 2.24 bits per heavy atom. The fourth-order valence-corrected chi connectivity index (χ4v) is 3.80. The zero-order valence-electron chi connectivity index (χ0n) is 15.8. The molecule has 1 saturated heterocycles.